The molecule has 8 heteroatoms. The molecule has 32 heavy (non-hydrogen) atoms. The van der Waals surface area contributed by atoms with Crippen LogP contribution in [-0.2, 0) is 9.59 Å². The molecule has 6 nitrogen and oxygen atoms in total. The van der Waals surface area contributed by atoms with Crippen LogP contribution in [0.25, 0.3) is 0 Å². The van der Waals surface area contributed by atoms with Crippen molar-refractivity contribution in [2.24, 2.45) is 5.41 Å². The van der Waals surface area contributed by atoms with E-state index >= 15 is 0 Å². The highest BCUT2D eigenvalue weighted by atomic mass is 32.1. The summed E-state index contributed by atoms with van der Waals surface area (Å²) >= 11 is 7.83. The summed E-state index contributed by atoms with van der Waals surface area (Å²) in [4.78, 5) is 20.8. The zero-order valence-electron chi connectivity index (χ0n) is 17.9. The monoisotopic (exact) mass is 480 g/mol. The summed E-state index contributed by atoms with van der Waals surface area (Å²) in [6.45, 7) is 0.312. The second kappa shape index (κ2) is 14.9. The van der Waals surface area contributed by atoms with Gasteiger partial charge in [-0.05, 0) is 24.0 Å². The maximum Gasteiger partial charge on any atom is 0.320 e. The fraction of sp³-hybridized carbons (Fsp3) is 0.417. The molecule has 2 aromatic rings. The largest absolute Gasteiger partial charge is 0.480 e. The Morgan fingerprint density at radius 3 is 1.31 bits per heavy atom. The molecule has 0 saturated heterocycles. The normalized spacial score (nSPS) is 16.2. The van der Waals surface area contributed by atoms with Crippen LogP contribution in [0.5, 0.6) is 0 Å². The van der Waals surface area contributed by atoms with Crippen LogP contribution < -0.4 is 0 Å². The van der Waals surface area contributed by atoms with E-state index in [-0.39, 0.29) is 18.6 Å². The number of carboxylic acid groups (broad SMARTS) is 2. The van der Waals surface area contributed by atoms with Gasteiger partial charge in [-0.2, -0.15) is 25.3 Å². The molecule has 1 fully saturated rings. The number of aliphatic hydroxyl groups excluding tert-OH is 2. The third-order valence-corrected chi connectivity index (χ3v) is 6.32. The summed E-state index contributed by atoms with van der Waals surface area (Å²) < 4.78 is 0. The molecule has 1 saturated carbocycles. The van der Waals surface area contributed by atoms with E-state index in [1.54, 1.807) is 48.5 Å². The minimum Gasteiger partial charge on any atom is -0.480 e. The zero-order chi connectivity index (χ0) is 24.0. The number of aliphatic hydroxyl groups is 2. The topological polar surface area (TPSA) is 115 Å². The van der Waals surface area contributed by atoms with Gasteiger partial charge in [0.2, 0.25) is 0 Å². The Hall–Kier alpha value is -2.00. The lowest BCUT2D eigenvalue weighted by atomic mass is 9.75. The number of hydrogen-bond acceptors (Lipinski definition) is 6. The lowest BCUT2D eigenvalue weighted by molar-refractivity contribution is -0.137. The standard InChI is InChI=1S/2C8H8O2S.C8H16O2/c2*9-8(10)7(11)6-4-2-1-3-5-6;9-6-8(7-10)4-2-1-3-5-8/h2*1-5,7,11H,(H,9,10);9-10H,1-7H2. The summed E-state index contributed by atoms with van der Waals surface area (Å²) in [6, 6.07) is 17.8. The van der Waals surface area contributed by atoms with Crippen molar-refractivity contribution in [1.82, 2.24) is 0 Å². The minimum atomic E-state index is -0.917. The van der Waals surface area contributed by atoms with E-state index in [9.17, 15) is 9.59 Å². The Morgan fingerprint density at radius 2 is 1.06 bits per heavy atom. The maximum atomic E-state index is 10.4. The summed E-state index contributed by atoms with van der Waals surface area (Å²) in [7, 11) is 0. The van der Waals surface area contributed by atoms with Crippen molar-refractivity contribution < 1.29 is 30.0 Å². The number of carbonyl (C=O) groups is 2. The zero-order valence-corrected chi connectivity index (χ0v) is 19.7. The molecule has 1 aliphatic carbocycles. The van der Waals surface area contributed by atoms with Crippen molar-refractivity contribution in [3.63, 3.8) is 0 Å². The highest BCUT2D eigenvalue weighted by Crippen LogP contribution is 2.34. The molecule has 1 aliphatic rings. The first-order valence-electron chi connectivity index (χ1n) is 10.4. The second-order valence-electron chi connectivity index (χ2n) is 7.68. The lowest BCUT2D eigenvalue weighted by Gasteiger charge is -2.33. The molecule has 2 aromatic carbocycles. The fourth-order valence-corrected chi connectivity index (χ4v) is 3.57. The molecule has 0 spiro atoms. The Balaban J connectivity index is 0.000000240. The van der Waals surface area contributed by atoms with Crippen LogP contribution in [0, 0.1) is 5.41 Å². The highest BCUT2D eigenvalue weighted by Gasteiger charge is 2.30. The first-order chi connectivity index (χ1) is 15.3. The number of aliphatic carboxylic acids is 2. The molecule has 0 amide bonds. The molecule has 2 unspecified atom stereocenters. The van der Waals surface area contributed by atoms with Crippen molar-refractivity contribution >= 4 is 37.2 Å². The quantitative estimate of drug-likeness (QED) is 0.341. The van der Waals surface area contributed by atoms with Gasteiger partial charge in [0.1, 0.15) is 10.5 Å². The van der Waals surface area contributed by atoms with Crippen molar-refractivity contribution in [1.29, 1.82) is 0 Å². The molecule has 176 valence electrons. The van der Waals surface area contributed by atoms with Crippen LogP contribution in [0.4, 0.5) is 0 Å². The smallest absolute Gasteiger partial charge is 0.320 e. The van der Waals surface area contributed by atoms with E-state index in [0.717, 1.165) is 12.8 Å². The van der Waals surface area contributed by atoms with E-state index in [0.29, 0.717) is 11.1 Å². The summed E-state index contributed by atoms with van der Waals surface area (Å²) in [6.07, 6.45) is 5.60. The predicted molar refractivity (Wildman–Crippen MR) is 131 cm³/mol. The first-order valence-corrected chi connectivity index (χ1v) is 11.4. The molecule has 0 heterocycles. The molecule has 2 atom stereocenters. The number of thiol groups is 2. The van der Waals surface area contributed by atoms with E-state index in [1.807, 2.05) is 12.1 Å². The molecule has 0 radical (unpaired) electrons. The van der Waals surface area contributed by atoms with Crippen LogP contribution in [0.1, 0.15) is 53.7 Å². The van der Waals surface area contributed by atoms with Gasteiger partial charge in [0.15, 0.2) is 0 Å². The van der Waals surface area contributed by atoms with E-state index < -0.39 is 22.4 Å². The van der Waals surface area contributed by atoms with Crippen molar-refractivity contribution in [2.75, 3.05) is 13.2 Å². The minimum absolute atomic E-state index is 0.127. The third-order valence-electron chi connectivity index (χ3n) is 5.28. The molecular formula is C24H32O6S2. The van der Waals surface area contributed by atoms with Crippen molar-refractivity contribution in [3.8, 4) is 0 Å². The average Bonchev–Trinajstić information content (AvgIpc) is 2.85. The molecule has 0 aliphatic heterocycles. The lowest BCUT2D eigenvalue weighted by Crippen LogP contribution is -2.31. The van der Waals surface area contributed by atoms with Crippen LogP contribution in [0.15, 0.2) is 60.7 Å². The summed E-state index contributed by atoms with van der Waals surface area (Å²) in [5.74, 6) is -1.83. The van der Waals surface area contributed by atoms with Gasteiger partial charge >= 0.3 is 11.9 Å². The fourth-order valence-electron chi connectivity index (χ4n) is 3.22. The highest BCUT2D eigenvalue weighted by molar-refractivity contribution is 7.81. The van der Waals surface area contributed by atoms with Gasteiger partial charge in [-0.25, -0.2) is 0 Å². The van der Waals surface area contributed by atoms with Crippen LogP contribution >= 0.6 is 25.3 Å². The number of carboxylic acids is 2. The van der Waals surface area contributed by atoms with Crippen LogP contribution in [0.3, 0.4) is 0 Å². The van der Waals surface area contributed by atoms with Crippen LogP contribution in [-0.4, -0.2) is 45.6 Å². The average molecular weight is 481 g/mol. The molecule has 3 rings (SSSR count). The van der Waals surface area contributed by atoms with Gasteiger partial charge in [-0.1, -0.05) is 79.9 Å². The van der Waals surface area contributed by atoms with Gasteiger partial charge < -0.3 is 20.4 Å². The van der Waals surface area contributed by atoms with Crippen molar-refractivity contribution in [3.05, 3.63) is 71.8 Å². The van der Waals surface area contributed by atoms with Crippen LogP contribution in [0.2, 0.25) is 0 Å². The van der Waals surface area contributed by atoms with Gasteiger partial charge in [0.25, 0.3) is 0 Å². The van der Waals surface area contributed by atoms with E-state index in [1.165, 1.54) is 19.3 Å². The molecular weight excluding hydrogens is 448 g/mol. The van der Waals surface area contributed by atoms with Gasteiger partial charge in [-0.15, -0.1) is 0 Å². The molecule has 0 bridgehead atoms. The Bertz CT molecular complexity index is 733. The number of rotatable bonds is 6. The SMILES string of the molecule is O=C(O)C(S)c1ccccc1.O=C(O)C(S)c1ccccc1.OCC1(CO)CCCCC1. The maximum absolute atomic E-state index is 10.4. The number of hydrogen-bond donors (Lipinski definition) is 6. The Morgan fingerprint density at radius 1 is 0.719 bits per heavy atom. The van der Waals surface area contributed by atoms with E-state index in [4.69, 9.17) is 20.4 Å². The Kier molecular flexibility index (Phi) is 13.1. The Labute approximate surface area is 200 Å². The van der Waals surface area contributed by atoms with Gasteiger partial charge in [0, 0.05) is 5.41 Å². The van der Waals surface area contributed by atoms with Gasteiger partial charge in [-0.3, -0.25) is 9.59 Å². The third kappa shape index (κ3) is 9.65. The molecule has 0 aromatic heterocycles. The molecule has 4 N–H and O–H groups in total. The summed E-state index contributed by atoms with van der Waals surface area (Å²) in [5.41, 5.74) is 1.30. The second-order valence-corrected chi connectivity index (χ2v) is 8.71. The van der Waals surface area contributed by atoms with Gasteiger partial charge in [0.05, 0.1) is 13.2 Å². The first kappa shape index (κ1) is 28.0. The van der Waals surface area contributed by atoms with E-state index in [2.05, 4.69) is 25.3 Å². The van der Waals surface area contributed by atoms with Crippen molar-refractivity contribution in [2.45, 2.75) is 42.6 Å². The number of benzene rings is 2. The summed E-state index contributed by atoms with van der Waals surface area (Å²) in [5, 5.41) is 33.7. The predicted octanol–water partition coefficient (Wildman–Crippen LogP) is 4.41.